The molecule has 0 aliphatic heterocycles. The Bertz CT molecular complexity index is 503. The highest BCUT2D eigenvalue weighted by molar-refractivity contribution is 7.71. The molecule has 0 aliphatic carbocycles. The van der Waals surface area contributed by atoms with Crippen molar-refractivity contribution in [2.75, 3.05) is 13.2 Å². The van der Waals surface area contributed by atoms with Crippen LogP contribution in [0.25, 0.3) is 11.0 Å². The van der Waals surface area contributed by atoms with E-state index in [0.717, 1.165) is 23.2 Å². The Kier molecular flexibility index (Phi) is 3.03. The van der Waals surface area contributed by atoms with Gasteiger partial charge in [-0.1, -0.05) is 6.07 Å². The maximum atomic E-state index is 5.60. The van der Waals surface area contributed by atoms with E-state index < -0.39 is 0 Å². The Labute approximate surface area is 92.4 Å². The predicted molar refractivity (Wildman–Crippen MR) is 62.6 cm³/mol. The van der Waals surface area contributed by atoms with Gasteiger partial charge in [0, 0.05) is 0 Å². The van der Waals surface area contributed by atoms with E-state index >= 15 is 0 Å². The van der Waals surface area contributed by atoms with E-state index in [1.54, 1.807) is 0 Å². The lowest BCUT2D eigenvalue weighted by Crippen LogP contribution is -2.06. The van der Waals surface area contributed by atoms with Crippen LogP contribution in [0, 0.1) is 4.77 Å². The molecule has 0 aliphatic rings. The lowest BCUT2D eigenvalue weighted by Gasteiger charge is -2.05. The van der Waals surface area contributed by atoms with Crippen molar-refractivity contribution in [3.05, 3.63) is 23.0 Å². The number of aromatic nitrogens is 2. The van der Waals surface area contributed by atoms with E-state index in [2.05, 4.69) is 9.97 Å². The lowest BCUT2D eigenvalue weighted by molar-refractivity contribution is 0.316. The summed E-state index contributed by atoms with van der Waals surface area (Å²) in [5.41, 5.74) is 7.28. The Morgan fingerprint density at radius 3 is 3.00 bits per heavy atom. The van der Waals surface area contributed by atoms with Gasteiger partial charge in [-0.15, -0.1) is 0 Å². The van der Waals surface area contributed by atoms with E-state index in [0.29, 0.717) is 17.9 Å². The molecule has 2 rings (SSSR count). The average Bonchev–Trinajstić information content (AvgIpc) is 2.59. The molecule has 80 valence electrons. The van der Waals surface area contributed by atoms with Gasteiger partial charge in [-0.3, -0.25) is 0 Å². The van der Waals surface area contributed by atoms with Crippen molar-refractivity contribution < 1.29 is 4.74 Å². The number of nitrogens with two attached hydrogens (primary N) is 1. The van der Waals surface area contributed by atoms with Crippen molar-refractivity contribution in [3.8, 4) is 5.75 Å². The molecular weight excluding hydrogens is 210 g/mol. The first-order valence-electron chi connectivity index (χ1n) is 4.85. The Morgan fingerprint density at radius 2 is 2.20 bits per heavy atom. The molecule has 1 aromatic carbocycles. The van der Waals surface area contributed by atoms with E-state index in [4.69, 9.17) is 22.7 Å². The highest BCUT2D eigenvalue weighted by Gasteiger charge is 2.03. The molecule has 1 heterocycles. The first kappa shape index (κ1) is 10.2. The summed E-state index contributed by atoms with van der Waals surface area (Å²) in [6.07, 6.45) is 0.849. The van der Waals surface area contributed by atoms with Crippen LogP contribution >= 0.6 is 12.2 Å². The van der Waals surface area contributed by atoms with Gasteiger partial charge >= 0.3 is 0 Å². The molecule has 0 atom stereocenters. The zero-order valence-corrected chi connectivity index (χ0v) is 9.06. The second kappa shape index (κ2) is 4.46. The van der Waals surface area contributed by atoms with Gasteiger partial charge in [0.15, 0.2) is 4.77 Å². The van der Waals surface area contributed by atoms with Crippen LogP contribution in [0.15, 0.2) is 18.2 Å². The van der Waals surface area contributed by atoms with Crippen LogP contribution < -0.4 is 10.5 Å². The number of H-pyrrole nitrogens is 2. The molecule has 0 spiro atoms. The molecule has 5 heteroatoms. The number of fused-ring (bicyclic) bond motifs is 1. The highest BCUT2D eigenvalue weighted by atomic mass is 32.1. The average molecular weight is 223 g/mol. The maximum absolute atomic E-state index is 5.60. The fraction of sp³-hybridized carbons (Fsp3) is 0.300. The molecule has 0 radical (unpaired) electrons. The number of aromatic amines is 2. The standard InChI is InChI=1S/C10H13N3OS/c11-5-2-6-14-8-4-1-3-7-9(8)13-10(15)12-7/h1,3-4H,2,5-6,11H2,(H2,12,13,15). The quantitative estimate of drug-likeness (QED) is 0.548. The number of rotatable bonds is 4. The third-order valence-electron chi connectivity index (χ3n) is 2.12. The van der Waals surface area contributed by atoms with Gasteiger partial charge in [-0.2, -0.15) is 0 Å². The van der Waals surface area contributed by atoms with Crippen LogP contribution in [0.1, 0.15) is 6.42 Å². The fourth-order valence-corrected chi connectivity index (χ4v) is 1.63. The number of benzene rings is 1. The molecule has 0 fully saturated rings. The number of ether oxygens (including phenoxy) is 1. The largest absolute Gasteiger partial charge is 0.491 e. The molecule has 0 bridgehead atoms. The molecule has 0 saturated heterocycles. The topological polar surface area (TPSA) is 66.8 Å². The summed E-state index contributed by atoms with van der Waals surface area (Å²) in [6.45, 7) is 1.26. The summed E-state index contributed by atoms with van der Waals surface area (Å²) in [5.74, 6) is 0.813. The van der Waals surface area contributed by atoms with Crippen LogP contribution in [0.4, 0.5) is 0 Å². The maximum Gasteiger partial charge on any atom is 0.175 e. The van der Waals surface area contributed by atoms with Gasteiger partial charge in [0.25, 0.3) is 0 Å². The zero-order chi connectivity index (χ0) is 10.7. The van der Waals surface area contributed by atoms with Crippen LogP contribution in [0.5, 0.6) is 5.75 Å². The summed E-state index contributed by atoms with van der Waals surface area (Å²) < 4.78 is 6.21. The van der Waals surface area contributed by atoms with Crippen LogP contribution in [0.2, 0.25) is 0 Å². The van der Waals surface area contributed by atoms with Crippen molar-refractivity contribution >= 4 is 23.3 Å². The number of para-hydroxylation sites is 1. The minimum atomic E-state index is 0.611. The first-order chi connectivity index (χ1) is 7.31. The van der Waals surface area contributed by atoms with Crippen molar-refractivity contribution in [1.29, 1.82) is 0 Å². The summed E-state index contributed by atoms with van der Waals surface area (Å²) >= 11 is 5.02. The fourth-order valence-electron chi connectivity index (χ4n) is 1.42. The number of nitrogens with one attached hydrogen (secondary N) is 2. The Balaban J connectivity index is 2.29. The smallest absolute Gasteiger partial charge is 0.175 e. The first-order valence-corrected chi connectivity index (χ1v) is 5.26. The molecule has 4 nitrogen and oxygen atoms in total. The van der Waals surface area contributed by atoms with Crippen molar-refractivity contribution in [2.24, 2.45) is 5.73 Å². The summed E-state index contributed by atoms with van der Waals surface area (Å²) in [6, 6.07) is 5.80. The number of hydrogen-bond donors (Lipinski definition) is 3. The van der Waals surface area contributed by atoms with Gasteiger partial charge in [-0.25, -0.2) is 0 Å². The van der Waals surface area contributed by atoms with Crippen LogP contribution in [0.3, 0.4) is 0 Å². The van der Waals surface area contributed by atoms with E-state index in [9.17, 15) is 0 Å². The minimum absolute atomic E-state index is 0.611. The molecule has 15 heavy (non-hydrogen) atoms. The SMILES string of the molecule is NCCCOc1cccc2[nH]c(=S)[nH]c12. The third-order valence-corrected chi connectivity index (χ3v) is 2.32. The van der Waals surface area contributed by atoms with Gasteiger partial charge in [0.2, 0.25) is 0 Å². The summed E-state index contributed by atoms with van der Waals surface area (Å²) in [5, 5.41) is 0. The number of imidazole rings is 1. The number of hydrogen-bond acceptors (Lipinski definition) is 3. The van der Waals surface area contributed by atoms with E-state index in [-0.39, 0.29) is 0 Å². The second-order valence-corrected chi connectivity index (χ2v) is 3.66. The van der Waals surface area contributed by atoms with Crippen LogP contribution in [-0.2, 0) is 0 Å². The molecular formula is C10H13N3OS. The summed E-state index contributed by atoms with van der Waals surface area (Å²) in [7, 11) is 0. The lowest BCUT2D eigenvalue weighted by atomic mass is 10.3. The zero-order valence-electron chi connectivity index (χ0n) is 8.25. The molecule has 2 aromatic rings. The van der Waals surface area contributed by atoms with Gasteiger partial charge in [0.05, 0.1) is 12.1 Å². The third kappa shape index (κ3) is 2.19. The van der Waals surface area contributed by atoms with Crippen molar-refractivity contribution in [1.82, 2.24) is 9.97 Å². The van der Waals surface area contributed by atoms with Gasteiger partial charge in [-0.05, 0) is 37.3 Å². The minimum Gasteiger partial charge on any atom is -0.491 e. The van der Waals surface area contributed by atoms with E-state index in [1.165, 1.54) is 0 Å². The molecule has 0 saturated carbocycles. The monoisotopic (exact) mass is 223 g/mol. The van der Waals surface area contributed by atoms with E-state index in [1.807, 2.05) is 18.2 Å². The predicted octanol–water partition coefficient (Wildman–Crippen LogP) is 1.95. The summed E-state index contributed by atoms with van der Waals surface area (Å²) in [4.78, 5) is 6.10. The van der Waals surface area contributed by atoms with Crippen LogP contribution in [-0.4, -0.2) is 23.1 Å². The molecule has 4 N–H and O–H groups in total. The molecule has 0 amide bonds. The van der Waals surface area contributed by atoms with Crippen molar-refractivity contribution in [2.45, 2.75) is 6.42 Å². The molecule has 1 aromatic heterocycles. The van der Waals surface area contributed by atoms with Gasteiger partial charge in [0.1, 0.15) is 11.3 Å². The Morgan fingerprint density at radius 1 is 1.33 bits per heavy atom. The molecule has 0 unspecified atom stereocenters. The Hall–Kier alpha value is -1.33. The normalized spacial score (nSPS) is 10.7. The highest BCUT2D eigenvalue weighted by Crippen LogP contribution is 2.22. The second-order valence-electron chi connectivity index (χ2n) is 3.25. The van der Waals surface area contributed by atoms with Crippen molar-refractivity contribution in [3.63, 3.8) is 0 Å². The van der Waals surface area contributed by atoms with Gasteiger partial charge < -0.3 is 20.4 Å².